The van der Waals surface area contributed by atoms with Crippen LogP contribution in [0.3, 0.4) is 0 Å². The molecular weight excluding hydrogens is 397 g/mol. The third-order valence-corrected chi connectivity index (χ3v) is 5.56. The average molecular weight is 415 g/mol. The van der Waals surface area contributed by atoms with E-state index < -0.39 is 35.6 Å². The zero-order valence-corrected chi connectivity index (χ0v) is 15.2. The Morgan fingerprint density at radius 1 is 1.24 bits per heavy atom. The molecule has 4 rings (SSSR count). The van der Waals surface area contributed by atoms with Gasteiger partial charge < -0.3 is 15.2 Å². The molecule has 0 saturated carbocycles. The molecule has 156 valence electrons. The van der Waals surface area contributed by atoms with E-state index in [1.807, 2.05) is 0 Å². The van der Waals surface area contributed by atoms with E-state index in [-0.39, 0.29) is 37.8 Å². The van der Waals surface area contributed by atoms with Crippen molar-refractivity contribution in [3.63, 3.8) is 0 Å². The van der Waals surface area contributed by atoms with Crippen LogP contribution in [0.2, 0.25) is 0 Å². The van der Waals surface area contributed by atoms with Crippen molar-refractivity contribution in [3.05, 3.63) is 46.5 Å². The Kier molecular flexibility index (Phi) is 4.80. The van der Waals surface area contributed by atoms with Gasteiger partial charge in [0, 0.05) is 37.5 Å². The molecule has 2 heterocycles. The topological polar surface area (TPSA) is 77.0 Å². The third-order valence-electron chi connectivity index (χ3n) is 5.56. The van der Waals surface area contributed by atoms with Crippen molar-refractivity contribution in [2.24, 2.45) is 5.73 Å². The van der Waals surface area contributed by atoms with Crippen LogP contribution in [0.1, 0.15) is 41.5 Å². The highest BCUT2D eigenvalue weighted by Gasteiger charge is 2.40. The molecule has 1 aliphatic carbocycles. The number of rotatable bonds is 3. The lowest BCUT2D eigenvalue weighted by Gasteiger charge is -2.30. The summed E-state index contributed by atoms with van der Waals surface area (Å²) in [5.41, 5.74) is 7.08. The zero-order valence-electron chi connectivity index (χ0n) is 15.2. The van der Waals surface area contributed by atoms with Gasteiger partial charge in [0.25, 0.3) is 0 Å². The summed E-state index contributed by atoms with van der Waals surface area (Å²) < 4.78 is 67.3. The van der Waals surface area contributed by atoms with Crippen molar-refractivity contribution in [2.75, 3.05) is 6.54 Å². The fraction of sp³-hybridized carbons (Fsp3) is 0.500. The van der Waals surface area contributed by atoms with Gasteiger partial charge in [-0.25, -0.2) is 8.78 Å². The number of nitrogens with zero attached hydrogens (tertiary/aromatic N) is 4. The van der Waals surface area contributed by atoms with Crippen molar-refractivity contribution < 1.29 is 26.7 Å². The summed E-state index contributed by atoms with van der Waals surface area (Å²) in [5.74, 6) is -3.12. The number of nitrogens with two attached hydrogens (primary N) is 1. The van der Waals surface area contributed by atoms with E-state index in [1.165, 1.54) is 11.0 Å². The van der Waals surface area contributed by atoms with Crippen molar-refractivity contribution in [2.45, 2.75) is 50.5 Å². The number of alkyl halides is 3. The maximum absolute atomic E-state index is 14.2. The van der Waals surface area contributed by atoms with Crippen LogP contribution >= 0.6 is 0 Å². The van der Waals surface area contributed by atoms with E-state index in [4.69, 9.17) is 5.73 Å². The molecule has 29 heavy (non-hydrogen) atoms. The lowest BCUT2D eigenvalue weighted by Crippen LogP contribution is -2.42. The Hall–Kier alpha value is -2.56. The summed E-state index contributed by atoms with van der Waals surface area (Å²) in [4.78, 5) is 14.0. The summed E-state index contributed by atoms with van der Waals surface area (Å²) in [6, 6.07) is 1.40. The van der Waals surface area contributed by atoms with Gasteiger partial charge in [0.1, 0.15) is 11.6 Å². The van der Waals surface area contributed by atoms with Gasteiger partial charge in [0.15, 0.2) is 5.82 Å². The Morgan fingerprint density at radius 3 is 2.72 bits per heavy atom. The van der Waals surface area contributed by atoms with Crippen molar-refractivity contribution in [1.29, 1.82) is 0 Å². The van der Waals surface area contributed by atoms with Gasteiger partial charge >= 0.3 is 6.18 Å². The number of halogens is 5. The summed E-state index contributed by atoms with van der Waals surface area (Å²) in [5, 5.41) is 6.73. The molecular formula is C18H18F5N5O. The molecule has 11 heteroatoms. The van der Waals surface area contributed by atoms with Crippen LogP contribution in [-0.2, 0) is 30.5 Å². The molecule has 0 spiro atoms. The molecule has 1 amide bonds. The van der Waals surface area contributed by atoms with Gasteiger partial charge in [-0.05, 0) is 30.0 Å². The smallest absolute Gasteiger partial charge is 0.333 e. The van der Waals surface area contributed by atoms with Crippen LogP contribution in [0.5, 0.6) is 0 Å². The average Bonchev–Trinajstić information content (AvgIpc) is 3.24. The molecule has 2 N–H and O–H groups in total. The number of carbonyl (C=O) groups excluding carboxylic acids is 1. The van der Waals surface area contributed by atoms with E-state index in [9.17, 15) is 26.7 Å². The Morgan fingerprint density at radius 2 is 2.00 bits per heavy atom. The molecule has 2 aromatic rings. The molecule has 2 unspecified atom stereocenters. The zero-order chi connectivity index (χ0) is 20.9. The predicted molar refractivity (Wildman–Crippen MR) is 90.5 cm³/mol. The first-order chi connectivity index (χ1) is 13.6. The first kappa shape index (κ1) is 19.7. The van der Waals surface area contributed by atoms with E-state index in [1.54, 1.807) is 0 Å². The molecule has 2 aliphatic rings. The number of hydrogen-bond acceptors (Lipinski definition) is 4. The van der Waals surface area contributed by atoms with Crippen LogP contribution in [0, 0.1) is 11.6 Å². The van der Waals surface area contributed by atoms with Gasteiger partial charge in [0.05, 0.1) is 6.54 Å². The highest BCUT2D eigenvalue weighted by Crippen LogP contribution is 2.38. The number of aryl methyl sites for hydroxylation is 1. The summed E-state index contributed by atoms with van der Waals surface area (Å²) in [6.45, 7) is -0.103. The molecule has 0 bridgehead atoms. The van der Waals surface area contributed by atoms with Gasteiger partial charge in [-0.1, -0.05) is 0 Å². The summed E-state index contributed by atoms with van der Waals surface area (Å²) in [7, 11) is 0. The predicted octanol–water partition coefficient (Wildman–Crippen LogP) is 2.36. The number of hydrogen-bond donors (Lipinski definition) is 1. The molecule has 6 nitrogen and oxygen atoms in total. The molecule has 0 saturated heterocycles. The molecule has 1 aromatic heterocycles. The van der Waals surface area contributed by atoms with Crippen LogP contribution in [-0.4, -0.2) is 38.2 Å². The Labute approximate surface area is 162 Å². The van der Waals surface area contributed by atoms with Gasteiger partial charge in [0.2, 0.25) is 11.7 Å². The van der Waals surface area contributed by atoms with E-state index in [2.05, 4.69) is 10.2 Å². The lowest BCUT2D eigenvalue weighted by atomic mass is 9.91. The summed E-state index contributed by atoms with van der Waals surface area (Å²) in [6.07, 6.45) is -3.72. The van der Waals surface area contributed by atoms with Crippen LogP contribution in [0.25, 0.3) is 0 Å². The molecule has 2 atom stereocenters. The minimum Gasteiger partial charge on any atom is -0.333 e. The van der Waals surface area contributed by atoms with E-state index >= 15 is 0 Å². The van der Waals surface area contributed by atoms with Gasteiger partial charge in [-0.2, -0.15) is 13.2 Å². The Balaban J connectivity index is 1.44. The van der Waals surface area contributed by atoms with E-state index in [0.717, 1.165) is 10.6 Å². The van der Waals surface area contributed by atoms with Crippen molar-refractivity contribution in [1.82, 2.24) is 19.7 Å². The van der Waals surface area contributed by atoms with Gasteiger partial charge in [-0.15, -0.1) is 10.2 Å². The molecule has 1 aromatic carbocycles. The van der Waals surface area contributed by atoms with Crippen LogP contribution in [0.15, 0.2) is 12.1 Å². The third kappa shape index (κ3) is 3.59. The standard InChI is InChI=1S/C18H18F5N5O/c19-10-5-9-1-2-11(16(9)12(20)6-10)13(24)7-15(29)27-3-4-28-14(8-27)25-26-17(28)18(21,22)23/h5-6,11,13H,1-4,7-8,24H2. The maximum atomic E-state index is 14.2. The molecule has 0 fully saturated rings. The fourth-order valence-electron chi connectivity index (χ4n) is 4.20. The second kappa shape index (κ2) is 7.05. The molecule has 1 aliphatic heterocycles. The van der Waals surface area contributed by atoms with Crippen molar-refractivity contribution >= 4 is 5.91 Å². The minimum atomic E-state index is -4.61. The Bertz CT molecular complexity index is 957. The van der Waals surface area contributed by atoms with Crippen molar-refractivity contribution in [3.8, 4) is 0 Å². The highest BCUT2D eigenvalue weighted by molar-refractivity contribution is 5.77. The second-order valence-electron chi connectivity index (χ2n) is 7.38. The fourth-order valence-corrected chi connectivity index (χ4v) is 4.20. The lowest BCUT2D eigenvalue weighted by molar-refractivity contribution is -0.148. The number of benzene rings is 1. The van der Waals surface area contributed by atoms with E-state index in [0.29, 0.717) is 24.0 Å². The first-order valence-corrected chi connectivity index (χ1v) is 9.15. The highest BCUT2D eigenvalue weighted by atomic mass is 19.4. The number of amides is 1. The number of carbonyl (C=O) groups is 1. The van der Waals surface area contributed by atoms with Crippen LogP contribution in [0.4, 0.5) is 22.0 Å². The van der Waals surface area contributed by atoms with Gasteiger partial charge in [-0.3, -0.25) is 4.79 Å². The number of fused-ring (bicyclic) bond motifs is 2. The largest absolute Gasteiger partial charge is 0.451 e. The monoisotopic (exact) mass is 415 g/mol. The maximum Gasteiger partial charge on any atom is 0.451 e. The first-order valence-electron chi connectivity index (χ1n) is 9.15. The number of aromatic nitrogens is 3. The van der Waals surface area contributed by atoms with Crippen LogP contribution < -0.4 is 5.73 Å². The SMILES string of the molecule is NC(CC(=O)N1CCn2c(nnc2C(F)(F)F)C1)C1CCc2cc(F)cc(F)c21. The normalized spacial score (nSPS) is 19.8. The summed E-state index contributed by atoms with van der Waals surface area (Å²) >= 11 is 0. The molecule has 0 radical (unpaired) electrons. The second-order valence-corrected chi connectivity index (χ2v) is 7.38. The quantitative estimate of drug-likeness (QED) is 0.781. The minimum absolute atomic E-state index is 0.0539.